The number of aromatic nitrogens is 1. The van der Waals surface area contributed by atoms with Crippen LogP contribution in [0.1, 0.15) is 29.9 Å². The molecule has 2 aliphatic heterocycles. The summed E-state index contributed by atoms with van der Waals surface area (Å²) in [6.07, 6.45) is 7.12. The van der Waals surface area contributed by atoms with Gasteiger partial charge in [0.15, 0.2) is 0 Å². The van der Waals surface area contributed by atoms with E-state index in [9.17, 15) is 4.79 Å². The molecule has 6 nitrogen and oxygen atoms in total. The molecule has 0 saturated carbocycles. The van der Waals surface area contributed by atoms with Crippen LogP contribution in [0, 0.1) is 5.92 Å². The van der Waals surface area contributed by atoms with E-state index in [0.717, 1.165) is 71.7 Å². The first-order valence-electron chi connectivity index (χ1n) is 11.8. The van der Waals surface area contributed by atoms with Gasteiger partial charge in [-0.2, -0.15) is 0 Å². The van der Waals surface area contributed by atoms with Gasteiger partial charge < -0.3 is 15.0 Å². The maximum atomic E-state index is 13.1. The molecule has 3 unspecified atom stereocenters. The molecule has 0 spiro atoms. The van der Waals surface area contributed by atoms with Crippen LogP contribution in [0.5, 0.6) is 0 Å². The molecule has 1 aromatic heterocycles. The number of benzene rings is 1. The second-order valence-electron chi connectivity index (χ2n) is 9.24. The van der Waals surface area contributed by atoms with Crippen LogP contribution in [0.4, 0.5) is 0 Å². The molecule has 2 aromatic rings. The Balaban J connectivity index is 1.25. The van der Waals surface area contributed by atoms with E-state index in [1.54, 1.807) is 0 Å². The van der Waals surface area contributed by atoms with Crippen molar-refractivity contribution in [3.8, 4) is 0 Å². The summed E-state index contributed by atoms with van der Waals surface area (Å²) >= 11 is 0. The zero-order chi connectivity index (χ0) is 21.2. The van der Waals surface area contributed by atoms with Gasteiger partial charge in [-0.05, 0) is 43.0 Å². The number of morpholine rings is 1. The number of carbonyl (C=O) groups is 1. The lowest BCUT2D eigenvalue weighted by Gasteiger charge is -2.46. The van der Waals surface area contributed by atoms with Crippen LogP contribution in [-0.2, 0) is 16.0 Å². The maximum absolute atomic E-state index is 13.1. The summed E-state index contributed by atoms with van der Waals surface area (Å²) in [5.41, 5.74) is 4.03. The maximum Gasteiger partial charge on any atom is 0.224 e. The fourth-order valence-corrected chi connectivity index (χ4v) is 5.85. The number of piperidine rings is 1. The molecule has 3 heterocycles. The first-order chi connectivity index (χ1) is 15.2. The highest BCUT2D eigenvalue weighted by Gasteiger charge is 2.42. The van der Waals surface area contributed by atoms with Gasteiger partial charge in [-0.1, -0.05) is 18.2 Å². The Morgan fingerprint density at radius 1 is 1.32 bits per heavy atom. The Kier molecular flexibility index (Phi) is 6.12. The predicted molar refractivity (Wildman–Crippen MR) is 123 cm³/mol. The second-order valence-corrected chi connectivity index (χ2v) is 9.24. The van der Waals surface area contributed by atoms with Crippen molar-refractivity contribution < 1.29 is 9.53 Å². The van der Waals surface area contributed by atoms with Gasteiger partial charge in [-0.25, -0.2) is 0 Å². The minimum atomic E-state index is 0.0281. The van der Waals surface area contributed by atoms with E-state index in [1.807, 2.05) is 6.08 Å². The monoisotopic (exact) mass is 422 g/mol. The Labute approximate surface area is 184 Å². The fraction of sp³-hybridized carbons (Fsp3) is 0.560. The van der Waals surface area contributed by atoms with Crippen LogP contribution >= 0.6 is 0 Å². The van der Waals surface area contributed by atoms with Crippen LogP contribution in [0.2, 0.25) is 0 Å². The Morgan fingerprint density at radius 3 is 3.03 bits per heavy atom. The SMILES string of the molecule is C=CCN1CC(C(=O)NCCCN2CCOCC2)CC2c3cccc4[nH]cc(c34)CC21. The van der Waals surface area contributed by atoms with Gasteiger partial charge in [0.05, 0.1) is 19.1 Å². The number of likely N-dealkylation sites (tertiary alicyclic amines) is 1. The lowest BCUT2D eigenvalue weighted by Crippen LogP contribution is -2.53. The standard InChI is InChI=1S/C25H34N4O2/c1-2-8-29-17-19(25(30)26-7-4-9-28-10-12-31-13-11-28)14-21-20-5-3-6-22-24(20)18(16-27-22)15-23(21)29/h2-3,5-6,16,19,21,23,27H,1,4,7-15,17H2,(H,26,30). The molecule has 1 amide bonds. The molecule has 3 atom stereocenters. The van der Waals surface area contributed by atoms with Gasteiger partial charge in [0.2, 0.25) is 5.91 Å². The highest BCUT2D eigenvalue weighted by Crippen LogP contribution is 2.44. The first kappa shape index (κ1) is 20.7. The summed E-state index contributed by atoms with van der Waals surface area (Å²) in [4.78, 5) is 21.5. The number of nitrogens with one attached hydrogen (secondary N) is 2. The van der Waals surface area contributed by atoms with Crippen LogP contribution in [0.3, 0.4) is 0 Å². The molecule has 166 valence electrons. The van der Waals surface area contributed by atoms with Crippen molar-refractivity contribution in [2.75, 3.05) is 52.5 Å². The number of H-pyrrole nitrogens is 1. The van der Waals surface area contributed by atoms with Crippen molar-refractivity contribution in [2.24, 2.45) is 5.92 Å². The zero-order valence-electron chi connectivity index (χ0n) is 18.3. The van der Waals surface area contributed by atoms with E-state index in [0.29, 0.717) is 12.0 Å². The van der Waals surface area contributed by atoms with Gasteiger partial charge >= 0.3 is 0 Å². The quantitative estimate of drug-likeness (QED) is 0.532. The molecule has 0 radical (unpaired) electrons. The highest BCUT2D eigenvalue weighted by atomic mass is 16.5. The molecule has 5 rings (SSSR count). The summed E-state index contributed by atoms with van der Waals surface area (Å²) in [5, 5.41) is 4.62. The largest absolute Gasteiger partial charge is 0.379 e. The average molecular weight is 423 g/mol. The van der Waals surface area contributed by atoms with Crippen LogP contribution in [0.15, 0.2) is 37.1 Å². The minimum Gasteiger partial charge on any atom is -0.379 e. The minimum absolute atomic E-state index is 0.0281. The highest BCUT2D eigenvalue weighted by molar-refractivity contribution is 5.88. The van der Waals surface area contributed by atoms with Crippen LogP contribution in [0.25, 0.3) is 10.9 Å². The molecule has 31 heavy (non-hydrogen) atoms. The van der Waals surface area contributed by atoms with Crippen molar-refractivity contribution in [1.29, 1.82) is 0 Å². The lowest BCUT2D eigenvalue weighted by molar-refractivity contribution is -0.127. The van der Waals surface area contributed by atoms with E-state index in [1.165, 1.54) is 22.0 Å². The zero-order valence-corrected chi connectivity index (χ0v) is 18.3. The van der Waals surface area contributed by atoms with E-state index >= 15 is 0 Å². The van der Waals surface area contributed by atoms with E-state index < -0.39 is 0 Å². The molecule has 0 bridgehead atoms. The number of hydrogen-bond donors (Lipinski definition) is 2. The third-order valence-corrected chi connectivity index (χ3v) is 7.36. The number of fused-ring (bicyclic) bond motifs is 2. The third kappa shape index (κ3) is 4.16. The van der Waals surface area contributed by atoms with Gasteiger partial charge in [0, 0.05) is 61.8 Å². The van der Waals surface area contributed by atoms with Crippen molar-refractivity contribution in [3.05, 3.63) is 48.2 Å². The average Bonchev–Trinajstić information content (AvgIpc) is 3.22. The molecule has 6 heteroatoms. The molecule has 2 N–H and O–H groups in total. The van der Waals surface area contributed by atoms with Crippen molar-refractivity contribution in [3.63, 3.8) is 0 Å². The summed E-state index contributed by atoms with van der Waals surface area (Å²) < 4.78 is 5.41. The Bertz CT molecular complexity index is 933. The predicted octanol–water partition coefficient (Wildman–Crippen LogP) is 2.52. The Hall–Kier alpha value is -2.15. The number of carbonyl (C=O) groups excluding carboxylic acids is 1. The summed E-state index contributed by atoms with van der Waals surface area (Å²) in [6, 6.07) is 7.02. The van der Waals surface area contributed by atoms with Crippen molar-refractivity contribution in [2.45, 2.75) is 31.2 Å². The number of amides is 1. The van der Waals surface area contributed by atoms with E-state index in [2.05, 4.69) is 51.1 Å². The third-order valence-electron chi connectivity index (χ3n) is 7.36. The van der Waals surface area contributed by atoms with Gasteiger partial charge in [0.25, 0.3) is 0 Å². The molecule has 1 aliphatic carbocycles. The molecular weight excluding hydrogens is 388 g/mol. The molecule has 2 fully saturated rings. The smallest absolute Gasteiger partial charge is 0.224 e. The first-order valence-corrected chi connectivity index (χ1v) is 11.8. The summed E-state index contributed by atoms with van der Waals surface area (Å²) in [7, 11) is 0. The normalized spacial score (nSPS) is 26.5. The van der Waals surface area contributed by atoms with Gasteiger partial charge in [-0.15, -0.1) is 6.58 Å². The van der Waals surface area contributed by atoms with E-state index in [-0.39, 0.29) is 11.8 Å². The van der Waals surface area contributed by atoms with Gasteiger partial charge in [0.1, 0.15) is 0 Å². The fourth-order valence-electron chi connectivity index (χ4n) is 5.85. The second kappa shape index (κ2) is 9.15. The van der Waals surface area contributed by atoms with Gasteiger partial charge in [-0.3, -0.25) is 14.6 Å². The van der Waals surface area contributed by atoms with Crippen molar-refractivity contribution in [1.82, 2.24) is 20.1 Å². The number of rotatable bonds is 7. The molecular formula is C25H34N4O2. The molecule has 3 aliphatic rings. The number of aromatic amines is 1. The van der Waals surface area contributed by atoms with E-state index in [4.69, 9.17) is 4.74 Å². The van der Waals surface area contributed by atoms with Crippen LogP contribution < -0.4 is 5.32 Å². The molecule has 2 saturated heterocycles. The topological polar surface area (TPSA) is 60.6 Å². The number of nitrogens with zero attached hydrogens (tertiary/aromatic N) is 2. The number of hydrogen-bond acceptors (Lipinski definition) is 4. The van der Waals surface area contributed by atoms with Crippen molar-refractivity contribution >= 4 is 16.8 Å². The summed E-state index contributed by atoms with van der Waals surface area (Å²) in [5.74, 6) is 0.631. The lowest BCUT2D eigenvalue weighted by atomic mass is 9.72. The summed E-state index contributed by atoms with van der Waals surface area (Å²) in [6.45, 7) is 11.1. The Morgan fingerprint density at radius 2 is 2.19 bits per heavy atom. The van der Waals surface area contributed by atoms with Crippen LogP contribution in [-0.4, -0.2) is 79.2 Å². The number of ether oxygens (including phenoxy) is 1. The molecule has 1 aromatic carbocycles.